The smallest absolute Gasteiger partial charge is 0.251 e. The van der Waals surface area contributed by atoms with E-state index in [1.807, 2.05) is 32.0 Å². The van der Waals surface area contributed by atoms with Crippen molar-refractivity contribution < 1.29 is 9.59 Å². The Hall–Kier alpha value is -2.04. The van der Waals surface area contributed by atoms with Crippen LogP contribution in [-0.2, 0) is 11.2 Å². The van der Waals surface area contributed by atoms with Gasteiger partial charge in [0.25, 0.3) is 5.91 Å². The van der Waals surface area contributed by atoms with E-state index in [1.165, 1.54) is 19.3 Å². The number of benzene rings is 1. The maximum absolute atomic E-state index is 12.7. The van der Waals surface area contributed by atoms with E-state index in [-0.39, 0.29) is 17.9 Å². The SMILES string of the molecule is CC(C)NC(=O)c1cccc2c1CCCN2CC(=O)NC1CCCCC1C. The van der Waals surface area contributed by atoms with Gasteiger partial charge in [0, 0.05) is 29.9 Å². The molecule has 0 saturated heterocycles. The van der Waals surface area contributed by atoms with E-state index >= 15 is 0 Å². The molecule has 5 heteroatoms. The van der Waals surface area contributed by atoms with Crippen LogP contribution in [0.2, 0.25) is 0 Å². The molecule has 27 heavy (non-hydrogen) atoms. The van der Waals surface area contributed by atoms with Crippen molar-refractivity contribution in [3.8, 4) is 0 Å². The van der Waals surface area contributed by atoms with E-state index in [2.05, 4.69) is 22.5 Å². The zero-order valence-corrected chi connectivity index (χ0v) is 16.9. The molecule has 1 aliphatic heterocycles. The van der Waals surface area contributed by atoms with E-state index in [1.54, 1.807) is 0 Å². The zero-order chi connectivity index (χ0) is 19.4. The van der Waals surface area contributed by atoms with Gasteiger partial charge in [0.1, 0.15) is 0 Å². The van der Waals surface area contributed by atoms with E-state index < -0.39 is 0 Å². The molecule has 1 aromatic rings. The Balaban J connectivity index is 1.70. The number of fused-ring (bicyclic) bond motifs is 1. The molecule has 148 valence electrons. The summed E-state index contributed by atoms with van der Waals surface area (Å²) in [6, 6.07) is 6.27. The number of hydrogen-bond acceptors (Lipinski definition) is 3. The molecular weight excluding hydrogens is 338 g/mol. The fourth-order valence-electron chi connectivity index (χ4n) is 4.37. The summed E-state index contributed by atoms with van der Waals surface area (Å²) in [4.78, 5) is 27.3. The van der Waals surface area contributed by atoms with Crippen LogP contribution in [0, 0.1) is 5.92 Å². The fourth-order valence-corrected chi connectivity index (χ4v) is 4.37. The molecule has 3 rings (SSSR count). The molecule has 0 radical (unpaired) electrons. The number of carbonyl (C=O) groups excluding carboxylic acids is 2. The van der Waals surface area contributed by atoms with E-state index in [0.717, 1.165) is 42.6 Å². The summed E-state index contributed by atoms with van der Waals surface area (Å²) in [5.41, 5.74) is 2.84. The summed E-state index contributed by atoms with van der Waals surface area (Å²) < 4.78 is 0. The molecular formula is C22H33N3O2. The van der Waals surface area contributed by atoms with Crippen molar-refractivity contribution in [2.24, 2.45) is 5.92 Å². The third-order valence-corrected chi connectivity index (χ3v) is 5.80. The number of nitrogens with one attached hydrogen (secondary N) is 2. The average molecular weight is 372 g/mol. The fraction of sp³-hybridized carbons (Fsp3) is 0.636. The van der Waals surface area contributed by atoms with Crippen molar-refractivity contribution in [1.82, 2.24) is 10.6 Å². The summed E-state index contributed by atoms with van der Waals surface area (Å²) in [6.45, 7) is 7.40. The van der Waals surface area contributed by atoms with Crippen LogP contribution in [0.1, 0.15) is 68.8 Å². The second-order valence-electron chi connectivity index (χ2n) is 8.39. The number of rotatable bonds is 5. The number of nitrogens with zero attached hydrogens (tertiary/aromatic N) is 1. The zero-order valence-electron chi connectivity index (χ0n) is 16.9. The highest BCUT2D eigenvalue weighted by molar-refractivity contribution is 5.97. The minimum atomic E-state index is -0.0239. The maximum atomic E-state index is 12.7. The number of hydrogen-bond donors (Lipinski definition) is 2. The van der Waals surface area contributed by atoms with Crippen LogP contribution in [-0.4, -0.2) is 37.0 Å². The molecule has 0 aromatic heterocycles. The van der Waals surface area contributed by atoms with Crippen LogP contribution in [0.5, 0.6) is 0 Å². The Morgan fingerprint density at radius 2 is 1.96 bits per heavy atom. The first kappa shape index (κ1) is 19.7. The highest BCUT2D eigenvalue weighted by Crippen LogP contribution is 2.30. The second kappa shape index (κ2) is 8.77. The minimum Gasteiger partial charge on any atom is -0.362 e. The van der Waals surface area contributed by atoms with Gasteiger partial charge in [-0.2, -0.15) is 0 Å². The molecule has 2 N–H and O–H groups in total. The van der Waals surface area contributed by atoms with Gasteiger partial charge in [-0.1, -0.05) is 25.8 Å². The lowest BCUT2D eigenvalue weighted by molar-refractivity contribution is -0.121. The molecule has 0 bridgehead atoms. The third-order valence-electron chi connectivity index (χ3n) is 5.80. The van der Waals surface area contributed by atoms with Crippen LogP contribution in [0.15, 0.2) is 18.2 Å². The normalized spacial score (nSPS) is 22.3. The third kappa shape index (κ3) is 4.82. The molecule has 2 atom stereocenters. The van der Waals surface area contributed by atoms with Crippen molar-refractivity contribution in [2.75, 3.05) is 18.0 Å². The molecule has 2 aliphatic rings. The predicted molar refractivity (Wildman–Crippen MR) is 109 cm³/mol. The molecule has 1 fully saturated rings. The standard InChI is InChI=1S/C22H33N3O2/c1-15(2)23-22(27)18-9-6-12-20-17(18)10-7-13-25(20)14-21(26)24-19-11-5-4-8-16(19)3/h6,9,12,15-16,19H,4-5,7-8,10-11,13-14H2,1-3H3,(H,23,27)(H,24,26). The van der Waals surface area contributed by atoms with Crippen LogP contribution < -0.4 is 15.5 Å². The van der Waals surface area contributed by atoms with E-state index in [9.17, 15) is 9.59 Å². The highest BCUT2D eigenvalue weighted by Gasteiger charge is 2.26. The van der Waals surface area contributed by atoms with Gasteiger partial charge >= 0.3 is 0 Å². The molecule has 1 aliphatic carbocycles. The van der Waals surface area contributed by atoms with Crippen molar-refractivity contribution in [2.45, 2.75) is 71.4 Å². The Morgan fingerprint density at radius 3 is 2.70 bits per heavy atom. The van der Waals surface area contributed by atoms with E-state index in [0.29, 0.717) is 18.5 Å². The quantitative estimate of drug-likeness (QED) is 0.835. The summed E-state index contributed by atoms with van der Waals surface area (Å²) >= 11 is 0. The van der Waals surface area contributed by atoms with Gasteiger partial charge in [0.05, 0.1) is 6.54 Å². The summed E-state index contributed by atoms with van der Waals surface area (Å²) in [5, 5.41) is 6.24. The van der Waals surface area contributed by atoms with Crippen LogP contribution >= 0.6 is 0 Å². The van der Waals surface area contributed by atoms with Gasteiger partial charge in [0.2, 0.25) is 5.91 Å². The van der Waals surface area contributed by atoms with Crippen molar-refractivity contribution in [3.05, 3.63) is 29.3 Å². The van der Waals surface area contributed by atoms with E-state index in [4.69, 9.17) is 0 Å². The number of anilines is 1. The number of amides is 2. The Kier molecular flexibility index (Phi) is 6.40. The second-order valence-corrected chi connectivity index (χ2v) is 8.39. The van der Waals surface area contributed by atoms with Gasteiger partial charge in [-0.3, -0.25) is 9.59 Å². The van der Waals surface area contributed by atoms with Gasteiger partial charge in [-0.25, -0.2) is 0 Å². The van der Waals surface area contributed by atoms with Crippen LogP contribution in [0.4, 0.5) is 5.69 Å². The highest BCUT2D eigenvalue weighted by atomic mass is 16.2. The molecule has 0 spiro atoms. The Morgan fingerprint density at radius 1 is 1.19 bits per heavy atom. The van der Waals surface area contributed by atoms with Crippen LogP contribution in [0.3, 0.4) is 0 Å². The maximum Gasteiger partial charge on any atom is 0.251 e. The lowest BCUT2D eigenvalue weighted by Gasteiger charge is -2.34. The van der Waals surface area contributed by atoms with Gasteiger partial charge in [-0.05, 0) is 63.1 Å². The summed E-state index contributed by atoms with van der Waals surface area (Å²) in [5.74, 6) is 0.630. The summed E-state index contributed by atoms with van der Waals surface area (Å²) in [6.07, 6.45) is 6.61. The molecule has 1 saturated carbocycles. The number of carbonyl (C=O) groups is 2. The monoisotopic (exact) mass is 371 g/mol. The average Bonchev–Trinajstić information content (AvgIpc) is 2.63. The lowest BCUT2D eigenvalue weighted by atomic mass is 9.86. The lowest BCUT2D eigenvalue weighted by Crippen LogP contribution is -2.46. The first-order valence-corrected chi connectivity index (χ1v) is 10.4. The van der Waals surface area contributed by atoms with Crippen molar-refractivity contribution >= 4 is 17.5 Å². The molecule has 2 amide bonds. The molecule has 1 aromatic carbocycles. The van der Waals surface area contributed by atoms with Crippen molar-refractivity contribution in [3.63, 3.8) is 0 Å². The summed E-state index contributed by atoms with van der Waals surface area (Å²) in [7, 11) is 0. The minimum absolute atomic E-state index is 0.0239. The Bertz CT molecular complexity index is 686. The predicted octanol–water partition coefficient (Wildman–Crippen LogP) is 3.27. The Labute approximate surface area is 162 Å². The largest absolute Gasteiger partial charge is 0.362 e. The van der Waals surface area contributed by atoms with Gasteiger partial charge in [0.15, 0.2) is 0 Å². The molecule has 2 unspecified atom stereocenters. The van der Waals surface area contributed by atoms with Crippen LogP contribution in [0.25, 0.3) is 0 Å². The molecule has 5 nitrogen and oxygen atoms in total. The van der Waals surface area contributed by atoms with Gasteiger partial charge < -0.3 is 15.5 Å². The topological polar surface area (TPSA) is 61.4 Å². The van der Waals surface area contributed by atoms with Crippen molar-refractivity contribution in [1.29, 1.82) is 0 Å². The van der Waals surface area contributed by atoms with Gasteiger partial charge in [-0.15, -0.1) is 0 Å². The molecule has 1 heterocycles. The first-order valence-electron chi connectivity index (χ1n) is 10.4. The first-order chi connectivity index (χ1) is 13.0.